The van der Waals surface area contributed by atoms with E-state index in [1.165, 1.54) is 7.11 Å². The molecule has 0 saturated carbocycles. The molecule has 2 heterocycles. The first-order valence-electron chi connectivity index (χ1n) is 12.8. The highest BCUT2D eigenvalue weighted by atomic mass is 16.7. The van der Waals surface area contributed by atoms with Crippen LogP contribution in [0.2, 0.25) is 0 Å². The van der Waals surface area contributed by atoms with Crippen LogP contribution in [0.1, 0.15) is 30.9 Å². The molecule has 0 amide bonds. The van der Waals surface area contributed by atoms with Crippen LogP contribution in [0.25, 0.3) is 22.3 Å². The predicted octanol–water partition coefficient (Wildman–Crippen LogP) is 6.92. The number of carbonyl (C=O) groups excluding carboxylic acids is 2. The molecular weight excluding hydrogens is 526 g/mol. The summed E-state index contributed by atoms with van der Waals surface area (Å²) in [7, 11) is 1.19. The number of ether oxygens (including phenoxy) is 4. The molecule has 9 heteroatoms. The molecule has 0 aliphatic carbocycles. The van der Waals surface area contributed by atoms with Crippen molar-refractivity contribution in [1.29, 1.82) is 0 Å². The minimum Gasteiger partial charge on any atom is -0.455 e. The standard InChI is InChI=1S/C32H27NO8/c1-18-26(34)24-17-11-16-23(30(24)39-27(18)21-12-7-5-8-13-21)25-28(40-31(35)37-4)19(2)33-20(3)29(25)41-32(36)38-22-14-9-6-10-15-22/h5-17,25,33H,1-4H3. The molecule has 9 nitrogen and oxygen atoms in total. The summed E-state index contributed by atoms with van der Waals surface area (Å²) in [5.74, 6) is -0.119. The van der Waals surface area contributed by atoms with Crippen molar-refractivity contribution in [3.05, 3.63) is 123 Å². The Balaban J connectivity index is 1.69. The first-order valence-corrected chi connectivity index (χ1v) is 12.8. The van der Waals surface area contributed by atoms with E-state index < -0.39 is 18.2 Å². The van der Waals surface area contributed by atoms with Crippen molar-refractivity contribution in [1.82, 2.24) is 5.32 Å². The number of benzene rings is 3. The van der Waals surface area contributed by atoms with Crippen molar-refractivity contribution in [2.45, 2.75) is 26.7 Å². The summed E-state index contributed by atoms with van der Waals surface area (Å²) >= 11 is 0. The lowest BCUT2D eigenvalue weighted by Gasteiger charge is -2.30. The Bertz CT molecular complexity index is 1750. The van der Waals surface area contributed by atoms with Crippen molar-refractivity contribution in [3.63, 3.8) is 0 Å². The molecule has 208 valence electrons. The molecule has 0 fully saturated rings. The van der Waals surface area contributed by atoms with Crippen molar-refractivity contribution in [2.75, 3.05) is 7.11 Å². The Morgan fingerprint density at radius 1 is 0.756 bits per heavy atom. The van der Waals surface area contributed by atoms with Crippen LogP contribution in [0, 0.1) is 6.92 Å². The number of para-hydroxylation sites is 2. The average molecular weight is 554 g/mol. The van der Waals surface area contributed by atoms with Gasteiger partial charge in [-0.2, -0.15) is 0 Å². The van der Waals surface area contributed by atoms with Gasteiger partial charge in [0.2, 0.25) is 0 Å². The lowest BCUT2D eigenvalue weighted by atomic mass is 9.89. The van der Waals surface area contributed by atoms with Crippen LogP contribution < -0.4 is 15.5 Å². The normalized spacial score (nSPS) is 14.9. The van der Waals surface area contributed by atoms with Gasteiger partial charge >= 0.3 is 12.3 Å². The number of rotatable bonds is 5. The number of fused-ring (bicyclic) bond motifs is 1. The molecule has 0 radical (unpaired) electrons. The summed E-state index contributed by atoms with van der Waals surface area (Å²) in [6.45, 7) is 5.12. The van der Waals surface area contributed by atoms with E-state index in [-0.39, 0.29) is 28.3 Å². The highest BCUT2D eigenvalue weighted by molar-refractivity contribution is 5.84. The maximum absolute atomic E-state index is 13.5. The first-order chi connectivity index (χ1) is 19.8. The maximum atomic E-state index is 13.5. The summed E-state index contributed by atoms with van der Waals surface area (Å²) in [6.07, 6.45) is -1.98. The van der Waals surface area contributed by atoms with Crippen LogP contribution in [0.3, 0.4) is 0 Å². The number of hydrogen-bond donors (Lipinski definition) is 1. The van der Waals surface area contributed by atoms with Crippen LogP contribution in [-0.2, 0) is 14.2 Å². The van der Waals surface area contributed by atoms with E-state index in [0.29, 0.717) is 33.7 Å². The summed E-state index contributed by atoms with van der Waals surface area (Å²) < 4.78 is 27.9. The summed E-state index contributed by atoms with van der Waals surface area (Å²) in [4.78, 5) is 38.8. The molecule has 1 aliphatic heterocycles. The van der Waals surface area contributed by atoms with E-state index >= 15 is 0 Å². The molecular formula is C32H27NO8. The summed E-state index contributed by atoms with van der Waals surface area (Å²) in [5.41, 5.74) is 2.55. The quantitative estimate of drug-likeness (QED) is 0.208. The van der Waals surface area contributed by atoms with Gasteiger partial charge in [-0.15, -0.1) is 0 Å². The molecule has 1 N–H and O–H groups in total. The van der Waals surface area contributed by atoms with Gasteiger partial charge in [-0.3, -0.25) is 4.79 Å². The summed E-state index contributed by atoms with van der Waals surface area (Å²) in [5, 5.41) is 3.40. The number of hydrogen-bond acceptors (Lipinski definition) is 9. The lowest BCUT2D eigenvalue weighted by Crippen LogP contribution is -2.29. The lowest BCUT2D eigenvalue weighted by molar-refractivity contribution is 0.0860. The smallest absolute Gasteiger partial charge is 0.455 e. The molecule has 5 rings (SSSR count). The Morgan fingerprint density at radius 3 is 2.00 bits per heavy atom. The highest BCUT2D eigenvalue weighted by Crippen LogP contribution is 2.42. The van der Waals surface area contributed by atoms with E-state index in [1.807, 2.05) is 30.3 Å². The minimum atomic E-state index is -1.00. The second-order valence-corrected chi connectivity index (χ2v) is 9.34. The Morgan fingerprint density at radius 2 is 1.37 bits per heavy atom. The molecule has 1 aliphatic rings. The predicted molar refractivity (Wildman–Crippen MR) is 151 cm³/mol. The van der Waals surface area contributed by atoms with Gasteiger partial charge in [0.25, 0.3) is 0 Å². The third kappa shape index (κ3) is 5.42. The van der Waals surface area contributed by atoms with Crippen molar-refractivity contribution >= 4 is 23.3 Å². The van der Waals surface area contributed by atoms with Crippen LogP contribution in [0.15, 0.2) is 111 Å². The molecule has 4 aromatic rings. The number of dihydropyridines is 1. The van der Waals surface area contributed by atoms with Crippen LogP contribution in [-0.4, -0.2) is 19.4 Å². The van der Waals surface area contributed by atoms with Crippen LogP contribution >= 0.6 is 0 Å². The van der Waals surface area contributed by atoms with E-state index in [1.54, 1.807) is 69.3 Å². The maximum Gasteiger partial charge on any atom is 0.519 e. The van der Waals surface area contributed by atoms with Gasteiger partial charge < -0.3 is 28.7 Å². The Kier molecular flexibility index (Phi) is 7.60. The van der Waals surface area contributed by atoms with Crippen molar-refractivity contribution < 1.29 is 33.0 Å². The second kappa shape index (κ2) is 11.4. The number of methoxy groups -OCH3 is 1. The third-order valence-electron chi connectivity index (χ3n) is 6.66. The van der Waals surface area contributed by atoms with Crippen LogP contribution in [0.4, 0.5) is 9.59 Å². The highest BCUT2D eigenvalue weighted by Gasteiger charge is 2.37. The van der Waals surface area contributed by atoms with Gasteiger partial charge in [-0.05, 0) is 39.0 Å². The zero-order valence-electron chi connectivity index (χ0n) is 22.8. The van der Waals surface area contributed by atoms with Gasteiger partial charge in [-0.1, -0.05) is 60.7 Å². The van der Waals surface area contributed by atoms with Gasteiger partial charge in [-0.25, -0.2) is 9.59 Å². The number of allylic oxidation sites excluding steroid dienone is 2. The van der Waals surface area contributed by atoms with E-state index in [2.05, 4.69) is 5.32 Å². The fourth-order valence-electron chi connectivity index (χ4n) is 4.76. The Hall–Kier alpha value is -5.31. The second-order valence-electron chi connectivity index (χ2n) is 9.34. The van der Waals surface area contributed by atoms with E-state index in [4.69, 9.17) is 23.4 Å². The fourth-order valence-corrected chi connectivity index (χ4v) is 4.76. The molecule has 3 aromatic carbocycles. The van der Waals surface area contributed by atoms with Gasteiger partial charge in [0.15, 0.2) is 5.43 Å². The molecule has 41 heavy (non-hydrogen) atoms. The number of nitrogens with one attached hydrogen (secondary N) is 1. The average Bonchev–Trinajstić information content (AvgIpc) is 2.98. The van der Waals surface area contributed by atoms with Gasteiger partial charge in [0, 0.05) is 16.7 Å². The SMILES string of the molecule is COC(=O)OC1=C(C)NC(C)=C(OC(=O)Oc2ccccc2)C1c1cccc2c(=O)c(C)c(-c3ccccc3)oc12. The Labute approximate surface area is 235 Å². The minimum absolute atomic E-state index is 0.0902. The molecule has 1 aromatic heterocycles. The van der Waals surface area contributed by atoms with Crippen molar-refractivity contribution in [2.24, 2.45) is 0 Å². The van der Waals surface area contributed by atoms with Gasteiger partial charge in [0.1, 0.15) is 34.5 Å². The number of carbonyl (C=O) groups is 2. The molecule has 1 atom stereocenters. The van der Waals surface area contributed by atoms with Crippen molar-refractivity contribution in [3.8, 4) is 17.1 Å². The van der Waals surface area contributed by atoms with E-state index in [9.17, 15) is 14.4 Å². The fraction of sp³-hybridized carbons (Fsp3) is 0.156. The molecule has 0 bridgehead atoms. The third-order valence-corrected chi connectivity index (χ3v) is 6.66. The zero-order chi connectivity index (χ0) is 29.1. The molecule has 1 unspecified atom stereocenters. The largest absolute Gasteiger partial charge is 0.519 e. The topological polar surface area (TPSA) is 113 Å². The molecule has 0 saturated heterocycles. The molecule has 0 spiro atoms. The monoisotopic (exact) mass is 553 g/mol. The van der Waals surface area contributed by atoms with Gasteiger partial charge in [0.05, 0.1) is 23.9 Å². The van der Waals surface area contributed by atoms with Crippen LogP contribution in [0.5, 0.6) is 5.75 Å². The first kappa shape index (κ1) is 27.3. The zero-order valence-corrected chi connectivity index (χ0v) is 22.8. The summed E-state index contributed by atoms with van der Waals surface area (Å²) in [6, 6.07) is 22.8. The van der Waals surface area contributed by atoms with E-state index in [0.717, 1.165) is 5.56 Å².